The summed E-state index contributed by atoms with van der Waals surface area (Å²) in [5.74, 6) is -3.83. The van der Waals surface area contributed by atoms with Gasteiger partial charge in [-0.25, -0.2) is 4.79 Å². The summed E-state index contributed by atoms with van der Waals surface area (Å²) < 4.78 is 8.48. The van der Waals surface area contributed by atoms with Crippen molar-refractivity contribution in [2.45, 2.75) is 20.0 Å². The van der Waals surface area contributed by atoms with Gasteiger partial charge in [-0.3, -0.25) is 4.79 Å². The van der Waals surface area contributed by atoms with E-state index in [0.29, 0.717) is 0 Å². The fourth-order valence-corrected chi connectivity index (χ4v) is 0.576. The topological polar surface area (TPSA) is 92.7 Å². The number of ether oxygens (including phenoxy) is 2. The Kier molecular flexibility index (Phi) is 8.82. The van der Waals surface area contributed by atoms with Gasteiger partial charge in [-0.15, -0.1) is 0 Å². The maximum Gasteiger partial charge on any atom is 1.00 e. The first-order chi connectivity index (χ1) is 5.99. The van der Waals surface area contributed by atoms with Crippen molar-refractivity contribution in [3.05, 3.63) is 0 Å². The molecule has 0 radical (unpaired) electrons. The number of carboxylic acids is 1. The molecule has 7 heteroatoms. The summed E-state index contributed by atoms with van der Waals surface area (Å²) >= 11 is 0. The Morgan fingerprint density at radius 3 is 2.14 bits per heavy atom. The first kappa shape index (κ1) is 15.9. The van der Waals surface area contributed by atoms with Crippen LogP contribution in [0.5, 0.6) is 0 Å². The molecule has 0 aliphatic rings. The van der Waals surface area contributed by atoms with Crippen molar-refractivity contribution < 1.29 is 58.5 Å². The molecule has 0 amide bonds. The molecule has 74 valence electrons. The number of carbonyl (C=O) groups is 3. The summed E-state index contributed by atoms with van der Waals surface area (Å²) in [5, 5.41) is 10.3. The SMILES string of the molecule is CCOC(=O)[C@H](OC(C)=O)C(=O)[O-].[Na+]. The van der Waals surface area contributed by atoms with Gasteiger partial charge in [0.1, 0.15) is 0 Å². The molecule has 0 spiro atoms. The summed E-state index contributed by atoms with van der Waals surface area (Å²) in [4.78, 5) is 31.4. The van der Waals surface area contributed by atoms with E-state index >= 15 is 0 Å². The van der Waals surface area contributed by atoms with Crippen LogP contribution in [0, 0.1) is 0 Å². The molecule has 0 rings (SSSR count). The van der Waals surface area contributed by atoms with Crippen LogP contribution in [-0.4, -0.2) is 30.6 Å². The number of carbonyl (C=O) groups excluding carboxylic acids is 3. The van der Waals surface area contributed by atoms with E-state index in [2.05, 4.69) is 9.47 Å². The van der Waals surface area contributed by atoms with Crippen LogP contribution in [0.15, 0.2) is 0 Å². The van der Waals surface area contributed by atoms with Crippen LogP contribution in [0.25, 0.3) is 0 Å². The fraction of sp³-hybridized carbons (Fsp3) is 0.571. The Labute approximate surface area is 103 Å². The Balaban J connectivity index is 0. The number of hydrogen-bond acceptors (Lipinski definition) is 6. The van der Waals surface area contributed by atoms with Crippen molar-refractivity contribution >= 4 is 17.9 Å². The number of rotatable bonds is 4. The molecule has 14 heavy (non-hydrogen) atoms. The summed E-state index contributed by atoms with van der Waals surface area (Å²) in [7, 11) is 0. The summed E-state index contributed by atoms with van der Waals surface area (Å²) in [5.41, 5.74) is 0. The van der Waals surface area contributed by atoms with Crippen LogP contribution < -0.4 is 34.7 Å². The van der Waals surface area contributed by atoms with E-state index in [1.807, 2.05) is 0 Å². The van der Waals surface area contributed by atoms with E-state index in [4.69, 9.17) is 0 Å². The predicted octanol–water partition coefficient (Wildman–Crippen LogP) is -4.76. The third-order valence-corrected chi connectivity index (χ3v) is 0.999. The van der Waals surface area contributed by atoms with Crippen molar-refractivity contribution in [1.82, 2.24) is 0 Å². The summed E-state index contributed by atoms with van der Waals surface area (Å²) in [6.07, 6.45) is -1.97. The average molecular weight is 212 g/mol. The Hall–Kier alpha value is -0.590. The molecule has 0 aromatic rings. The van der Waals surface area contributed by atoms with Gasteiger partial charge in [-0.2, -0.15) is 0 Å². The van der Waals surface area contributed by atoms with E-state index in [-0.39, 0.29) is 36.2 Å². The van der Waals surface area contributed by atoms with Gasteiger partial charge in [-0.05, 0) is 6.92 Å². The van der Waals surface area contributed by atoms with E-state index in [1.54, 1.807) is 0 Å². The minimum atomic E-state index is -1.97. The van der Waals surface area contributed by atoms with Crippen molar-refractivity contribution in [2.75, 3.05) is 6.61 Å². The monoisotopic (exact) mass is 212 g/mol. The molecule has 0 aromatic carbocycles. The molecule has 0 heterocycles. The van der Waals surface area contributed by atoms with Crippen LogP contribution in [-0.2, 0) is 23.9 Å². The second-order valence-electron chi connectivity index (χ2n) is 2.06. The normalized spacial score (nSPS) is 10.7. The van der Waals surface area contributed by atoms with Crippen LogP contribution in [0.4, 0.5) is 0 Å². The number of esters is 2. The fourth-order valence-electron chi connectivity index (χ4n) is 0.576. The van der Waals surface area contributed by atoms with Gasteiger partial charge in [-0.1, -0.05) is 0 Å². The van der Waals surface area contributed by atoms with Gasteiger partial charge in [0.2, 0.25) is 6.10 Å². The summed E-state index contributed by atoms with van der Waals surface area (Å²) in [6.45, 7) is 2.48. The molecule has 0 bridgehead atoms. The van der Waals surface area contributed by atoms with E-state index in [1.165, 1.54) is 6.92 Å². The van der Waals surface area contributed by atoms with Crippen LogP contribution >= 0.6 is 0 Å². The van der Waals surface area contributed by atoms with Crippen LogP contribution in [0.3, 0.4) is 0 Å². The quantitative estimate of drug-likeness (QED) is 0.264. The Morgan fingerprint density at radius 2 is 1.86 bits per heavy atom. The maximum absolute atomic E-state index is 10.8. The number of carboxylic acid groups (broad SMARTS) is 1. The Morgan fingerprint density at radius 1 is 1.36 bits per heavy atom. The largest absolute Gasteiger partial charge is 1.00 e. The number of hydrogen-bond donors (Lipinski definition) is 0. The van der Waals surface area contributed by atoms with Gasteiger partial charge in [0.25, 0.3) is 0 Å². The van der Waals surface area contributed by atoms with E-state index in [9.17, 15) is 19.5 Å². The zero-order valence-electron chi connectivity index (χ0n) is 8.23. The van der Waals surface area contributed by atoms with Crippen LogP contribution in [0.1, 0.15) is 13.8 Å². The molecule has 0 N–H and O–H groups in total. The van der Waals surface area contributed by atoms with Crippen molar-refractivity contribution in [1.29, 1.82) is 0 Å². The minimum absolute atomic E-state index is 0. The molecule has 0 saturated carbocycles. The smallest absolute Gasteiger partial charge is 0.545 e. The molecular weight excluding hydrogens is 203 g/mol. The van der Waals surface area contributed by atoms with Gasteiger partial charge in [0.05, 0.1) is 12.6 Å². The number of aliphatic carboxylic acids is 1. The van der Waals surface area contributed by atoms with Gasteiger partial charge >= 0.3 is 41.5 Å². The first-order valence-corrected chi connectivity index (χ1v) is 3.53. The molecule has 0 saturated heterocycles. The zero-order valence-corrected chi connectivity index (χ0v) is 10.2. The molecule has 0 aliphatic carbocycles. The van der Waals surface area contributed by atoms with Gasteiger partial charge in [0, 0.05) is 6.92 Å². The minimum Gasteiger partial charge on any atom is -0.545 e. The molecule has 0 aromatic heterocycles. The molecular formula is C7H9NaO6. The summed E-state index contributed by atoms with van der Waals surface area (Å²) in [6, 6.07) is 0. The third kappa shape index (κ3) is 5.95. The molecule has 6 nitrogen and oxygen atoms in total. The molecule has 0 fully saturated rings. The maximum atomic E-state index is 10.8. The Bertz CT molecular complexity index is 226. The van der Waals surface area contributed by atoms with Gasteiger partial charge < -0.3 is 19.4 Å². The standard InChI is InChI=1S/C7H10O6.Na/c1-3-12-7(11)5(6(9)10)13-4(2)8;/h5H,3H2,1-2H3,(H,9,10);/q;+1/p-1/t5-;/m1./s1. The van der Waals surface area contributed by atoms with Gasteiger partial charge in [0.15, 0.2) is 0 Å². The first-order valence-electron chi connectivity index (χ1n) is 3.53. The molecule has 0 unspecified atom stereocenters. The van der Waals surface area contributed by atoms with Crippen molar-refractivity contribution in [3.8, 4) is 0 Å². The van der Waals surface area contributed by atoms with Crippen LogP contribution in [0.2, 0.25) is 0 Å². The predicted molar refractivity (Wildman–Crippen MR) is 37.2 cm³/mol. The zero-order chi connectivity index (χ0) is 10.4. The van der Waals surface area contributed by atoms with Crippen molar-refractivity contribution in [3.63, 3.8) is 0 Å². The third-order valence-electron chi connectivity index (χ3n) is 0.999. The second kappa shape index (κ2) is 7.78. The molecule has 1 atom stereocenters. The van der Waals surface area contributed by atoms with Crippen molar-refractivity contribution in [2.24, 2.45) is 0 Å². The van der Waals surface area contributed by atoms with E-state index < -0.39 is 24.0 Å². The van der Waals surface area contributed by atoms with E-state index in [0.717, 1.165) is 6.92 Å². The average Bonchev–Trinajstić information content (AvgIpc) is 1.99. The molecule has 0 aliphatic heterocycles. The second-order valence-corrected chi connectivity index (χ2v) is 2.06.